The van der Waals surface area contributed by atoms with Crippen molar-refractivity contribution < 1.29 is 0 Å². The van der Waals surface area contributed by atoms with Crippen molar-refractivity contribution in [2.75, 3.05) is 12.3 Å². The molecular weight excluding hydrogens is 238 g/mol. The largest absolute Gasteiger partial charge is 0.313 e. The first kappa shape index (κ1) is 13.9. The molecule has 0 amide bonds. The minimum absolute atomic E-state index is 0.831. The monoisotopic (exact) mass is 257 g/mol. The maximum Gasteiger partial charge on any atom is 0.0417 e. The molecule has 1 rings (SSSR count). The molecule has 0 fully saturated rings. The standard InChI is InChI=1S/C13H20ClNS/c1-3-7-15-10-11-5-6-12(14)9-13(11)16-8-4-2/h5-6,9,15H,3-4,7-8,10H2,1-2H3. The van der Waals surface area contributed by atoms with Crippen LogP contribution in [-0.4, -0.2) is 12.3 Å². The number of thioether (sulfide) groups is 1. The van der Waals surface area contributed by atoms with E-state index in [-0.39, 0.29) is 0 Å². The average molecular weight is 258 g/mol. The van der Waals surface area contributed by atoms with Crippen LogP contribution in [0.1, 0.15) is 32.3 Å². The second-order valence-corrected chi connectivity index (χ2v) is 5.35. The number of benzene rings is 1. The van der Waals surface area contributed by atoms with E-state index in [4.69, 9.17) is 11.6 Å². The fourth-order valence-electron chi connectivity index (χ4n) is 1.42. The van der Waals surface area contributed by atoms with Crippen LogP contribution in [0.3, 0.4) is 0 Å². The van der Waals surface area contributed by atoms with Crippen LogP contribution in [0.5, 0.6) is 0 Å². The van der Waals surface area contributed by atoms with Crippen molar-refractivity contribution in [1.82, 2.24) is 5.32 Å². The molecule has 0 aliphatic carbocycles. The van der Waals surface area contributed by atoms with Gasteiger partial charge >= 0.3 is 0 Å². The smallest absolute Gasteiger partial charge is 0.0417 e. The molecule has 0 atom stereocenters. The van der Waals surface area contributed by atoms with Crippen LogP contribution in [-0.2, 0) is 6.54 Å². The summed E-state index contributed by atoms with van der Waals surface area (Å²) in [6.07, 6.45) is 2.37. The fourth-order valence-corrected chi connectivity index (χ4v) is 2.62. The van der Waals surface area contributed by atoms with Gasteiger partial charge in [-0.05, 0) is 42.8 Å². The third-order valence-corrected chi connectivity index (χ3v) is 3.77. The Balaban J connectivity index is 2.64. The quantitative estimate of drug-likeness (QED) is 0.576. The molecule has 0 saturated heterocycles. The number of hydrogen-bond acceptors (Lipinski definition) is 2. The lowest BCUT2D eigenvalue weighted by atomic mass is 10.2. The Labute approximate surface area is 108 Å². The van der Waals surface area contributed by atoms with Gasteiger partial charge in [-0.15, -0.1) is 11.8 Å². The lowest BCUT2D eigenvalue weighted by Gasteiger charge is -2.10. The highest BCUT2D eigenvalue weighted by Crippen LogP contribution is 2.26. The van der Waals surface area contributed by atoms with E-state index in [0.29, 0.717) is 0 Å². The minimum atomic E-state index is 0.831. The van der Waals surface area contributed by atoms with E-state index in [1.54, 1.807) is 0 Å². The summed E-state index contributed by atoms with van der Waals surface area (Å²) in [7, 11) is 0. The molecule has 0 radical (unpaired) electrons. The summed E-state index contributed by atoms with van der Waals surface area (Å²) in [6.45, 7) is 6.39. The van der Waals surface area contributed by atoms with E-state index in [1.807, 2.05) is 17.8 Å². The summed E-state index contributed by atoms with van der Waals surface area (Å²) in [6, 6.07) is 6.17. The van der Waals surface area contributed by atoms with Gasteiger partial charge in [-0.2, -0.15) is 0 Å². The first-order chi connectivity index (χ1) is 7.77. The van der Waals surface area contributed by atoms with Gasteiger partial charge in [-0.25, -0.2) is 0 Å². The molecule has 1 N–H and O–H groups in total. The van der Waals surface area contributed by atoms with E-state index < -0.39 is 0 Å². The molecule has 0 bridgehead atoms. The molecule has 0 aliphatic rings. The van der Waals surface area contributed by atoms with Crippen LogP contribution in [0.25, 0.3) is 0 Å². The van der Waals surface area contributed by atoms with Gasteiger partial charge in [0.25, 0.3) is 0 Å². The van der Waals surface area contributed by atoms with Crippen molar-refractivity contribution in [2.45, 2.75) is 38.1 Å². The summed E-state index contributed by atoms with van der Waals surface area (Å²) in [5.41, 5.74) is 1.36. The Bertz CT molecular complexity index is 315. The summed E-state index contributed by atoms with van der Waals surface area (Å²) in [5, 5.41) is 4.26. The zero-order valence-corrected chi connectivity index (χ0v) is 11.6. The summed E-state index contributed by atoms with van der Waals surface area (Å²) < 4.78 is 0. The summed E-state index contributed by atoms with van der Waals surface area (Å²) in [5.74, 6) is 1.15. The van der Waals surface area contributed by atoms with Gasteiger partial charge in [-0.3, -0.25) is 0 Å². The van der Waals surface area contributed by atoms with Crippen molar-refractivity contribution in [1.29, 1.82) is 0 Å². The van der Waals surface area contributed by atoms with Crippen LogP contribution in [0.4, 0.5) is 0 Å². The first-order valence-corrected chi connectivity index (χ1v) is 7.26. The number of rotatable bonds is 7. The van der Waals surface area contributed by atoms with Crippen LogP contribution in [0.2, 0.25) is 5.02 Å². The molecule has 0 heterocycles. The minimum Gasteiger partial charge on any atom is -0.313 e. The average Bonchev–Trinajstić information content (AvgIpc) is 2.29. The second-order valence-electron chi connectivity index (χ2n) is 3.78. The van der Waals surface area contributed by atoms with Crippen molar-refractivity contribution >= 4 is 23.4 Å². The summed E-state index contributed by atoms with van der Waals surface area (Å²) >= 11 is 7.92. The predicted octanol–water partition coefficient (Wildman–Crippen LogP) is 4.34. The van der Waals surface area contributed by atoms with Gasteiger partial charge < -0.3 is 5.32 Å². The topological polar surface area (TPSA) is 12.0 Å². The molecule has 0 unspecified atom stereocenters. The lowest BCUT2D eigenvalue weighted by Crippen LogP contribution is -2.14. The molecule has 90 valence electrons. The van der Waals surface area contributed by atoms with Gasteiger partial charge in [0.1, 0.15) is 0 Å². The maximum atomic E-state index is 6.02. The third-order valence-electron chi connectivity index (χ3n) is 2.23. The van der Waals surface area contributed by atoms with Gasteiger partial charge in [0, 0.05) is 16.5 Å². The molecule has 1 nitrogen and oxygen atoms in total. The Morgan fingerprint density at radius 1 is 1.25 bits per heavy atom. The SMILES string of the molecule is CCCNCc1ccc(Cl)cc1SCCC. The predicted molar refractivity (Wildman–Crippen MR) is 74.5 cm³/mol. The lowest BCUT2D eigenvalue weighted by molar-refractivity contribution is 0.669. The van der Waals surface area contributed by atoms with Crippen LogP contribution < -0.4 is 5.32 Å². The summed E-state index contributed by atoms with van der Waals surface area (Å²) in [4.78, 5) is 1.32. The third kappa shape index (κ3) is 4.77. The number of nitrogens with one attached hydrogen (secondary N) is 1. The van der Waals surface area contributed by atoms with Gasteiger partial charge in [0.2, 0.25) is 0 Å². The normalized spacial score (nSPS) is 10.7. The van der Waals surface area contributed by atoms with Gasteiger partial charge in [0.05, 0.1) is 0 Å². The van der Waals surface area contributed by atoms with Crippen LogP contribution in [0.15, 0.2) is 23.1 Å². The highest BCUT2D eigenvalue weighted by molar-refractivity contribution is 7.99. The highest BCUT2D eigenvalue weighted by Gasteiger charge is 2.03. The van der Waals surface area contributed by atoms with E-state index in [9.17, 15) is 0 Å². The first-order valence-electron chi connectivity index (χ1n) is 5.89. The molecule has 0 aromatic heterocycles. The molecule has 0 spiro atoms. The molecular formula is C13H20ClNS. The number of halogens is 1. The Kier molecular flexibility index (Phi) is 6.93. The molecule has 0 aliphatic heterocycles. The van der Waals surface area contributed by atoms with Gasteiger partial charge in [0.15, 0.2) is 0 Å². The second kappa shape index (κ2) is 7.99. The van der Waals surface area contributed by atoms with Crippen LogP contribution >= 0.6 is 23.4 Å². The molecule has 16 heavy (non-hydrogen) atoms. The highest BCUT2D eigenvalue weighted by atomic mass is 35.5. The van der Waals surface area contributed by atoms with Crippen LogP contribution in [0, 0.1) is 0 Å². The van der Waals surface area contributed by atoms with Gasteiger partial charge in [-0.1, -0.05) is 31.5 Å². The van der Waals surface area contributed by atoms with Crippen molar-refractivity contribution in [2.24, 2.45) is 0 Å². The molecule has 1 aromatic rings. The van der Waals surface area contributed by atoms with Crippen molar-refractivity contribution in [3.8, 4) is 0 Å². The fraction of sp³-hybridized carbons (Fsp3) is 0.538. The van der Waals surface area contributed by atoms with E-state index in [0.717, 1.165) is 23.9 Å². The Hall–Kier alpha value is -0.180. The maximum absolute atomic E-state index is 6.02. The number of hydrogen-bond donors (Lipinski definition) is 1. The van der Waals surface area contributed by atoms with Crippen molar-refractivity contribution in [3.05, 3.63) is 28.8 Å². The molecule has 3 heteroatoms. The molecule has 1 aromatic carbocycles. The Morgan fingerprint density at radius 3 is 2.75 bits per heavy atom. The van der Waals surface area contributed by atoms with Crippen molar-refractivity contribution in [3.63, 3.8) is 0 Å². The van der Waals surface area contributed by atoms with E-state index >= 15 is 0 Å². The van der Waals surface area contributed by atoms with E-state index in [1.165, 1.54) is 23.3 Å². The Morgan fingerprint density at radius 2 is 2.06 bits per heavy atom. The molecule has 0 saturated carbocycles. The van der Waals surface area contributed by atoms with E-state index in [2.05, 4.69) is 31.3 Å². The zero-order chi connectivity index (χ0) is 11.8. The zero-order valence-electron chi connectivity index (χ0n) is 10.1.